The third kappa shape index (κ3) is 3.32. The molecule has 0 saturated carbocycles. The van der Waals surface area contributed by atoms with Crippen molar-refractivity contribution in [3.05, 3.63) is 64.5 Å². The lowest BCUT2D eigenvalue weighted by atomic mass is 9.93. The molecule has 4 rings (SSSR count). The number of methoxy groups -OCH3 is 1. The Morgan fingerprint density at radius 1 is 1.30 bits per heavy atom. The molecule has 0 radical (unpaired) electrons. The lowest BCUT2D eigenvalue weighted by Gasteiger charge is -2.17. The van der Waals surface area contributed by atoms with Crippen LogP contribution in [0.3, 0.4) is 0 Å². The van der Waals surface area contributed by atoms with Gasteiger partial charge in [0.05, 0.1) is 19.3 Å². The molecule has 7 heteroatoms. The van der Waals surface area contributed by atoms with Crippen molar-refractivity contribution < 1.29 is 9.53 Å². The number of ether oxygens (including phenoxy) is 1. The number of hydrogen-bond donors (Lipinski definition) is 2. The molecule has 0 fully saturated rings. The van der Waals surface area contributed by atoms with Crippen LogP contribution < -0.4 is 10.1 Å². The second-order valence-electron chi connectivity index (χ2n) is 6.95. The summed E-state index contributed by atoms with van der Waals surface area (Å²) in [5.74, 6) is 1.55. The molecule has 7 nitrogen and oxygen atoms in total. The van der Waals surface area contributed by atoms with Gasteiger partial charge in [0.2, 0.25) is 0 Å². The number of benzene rings is 1. The number of para-hydroxylation sites is 1. The monoisotopic (exact) mass is 365 g/mol. The summed E-state index contributed by atoms with van der Waals surface area (Å²) in [5, 5.41) is 7.47. The number of rotatable bonds is 4. The van der Waals surface area contributed by atoms with Crippen LogP contribution in [0.4, 0.5) is 0 Å². The van der Waals surface area contributed by atoms with Crippen molar-refractivity contribution >= 4 is 5.91 Å². The predicted molar refractivity (Wildman–Crippen MR) is 101 cm³/mol. The zero-order valence-corrected chi connectivity index (χ0v) is 15.7. The van der Waals surface area contributed by atoms with Gasteiger partial charge in [-0.3, -0.25) is 9.48 Å². The topological polar surface area (TPSA) is 84.8 Å². The van der Waals surface area contributed by atoms with E-state index in [2.05, 4.69) is 20.4 Å². The first-order valence-electron chi connectivity index (χ1n) is 9.05. The van der Waals surface area contributed by atoms with Gasteiger partial charge in [-0.2, -0.15) is 5.10 Å². The van der Waals surface area contributed by atoms with Gasteiger partial charge in [0.1, 0.15) is 17.3 Å². The molecule has 3 aromatic rings. The highest BCUT2D eigenvalue weighted by atomic mass is 16.5. The highest BCUT2D eigenvalue weighted by Crippen LogP contribution is 2.30. The maximum Gasteiger partial charge on any atom is 0.271 e. The number of aromatic amines is 1. The summed E-state index contributed by atoms with van der Waals surface area (Å²) < 4.78 is 7.40. The van der Waals surface area contributed by atoms with Gasteiger partial charge >= 0.3 is 0 Å². The number of aromatic nitrogens is 4. The number of nitrogens with one attached hydrogen (secondary N) is 2. The van der Waals surface area contributed by atoms with Crippen LogP contribution in [-0.4, -0.2) is 39.3 Å². The highest BCUT2D eigenvalue weighted by molar-refractivity contribution is 5.94. The maximum absolute atomic E-state index is 12.5. The number of amides is 1. The number of aryl methyl sites for hydroxylation is 2. The van der Waals surface area contributed by atoms with Crippen LogP contribution in [0.15, 0.2) is 30.3 Å². The van der Waals surface area contributed by atoms with Crippen LogP contribution in [-0.2, 0) is 13.0 Å². The smallest absolute Gasteiger partial charge is 0.271 e. The number of hydrogen-bond acceptors (Lipinski definition) is 4. The van der Waals surface area contributed by atoms with Crippen molar-refractivity contribution in [1.29, 1.82) is 0 Å². The molecule has 1 aliphatic heterocycles. The summed E-state index contributed by atoms with van der Waals surface area (Å²) in [6, 6.07) is 9.97. The first-order chi connectivity index (χ1) is 13.0. The van der Waals surface area contributed by atoms with Crippen LogP contribution in [0.5, 0.6) is 5.75 Å². The summed E-state index contributed by atoms with van der Waals surface area (Å²) in [6.07, 6.45) is 0.693. The minimum Gasteiger partial charge on any atom is -0.496 e. The van der Waals surface area contributed by atoms with E-state index >= 15 is 0 Å². The SMILES string of the molecule is COc1ccccc1C1CNC(=O)c2nc(Cn3nc(C)cc3C)[nH]c2C1. The molecule has 3 heterocycles. The Labute approximate surface area is 157 Å². The van der Waals surface area contributed by atoms with E-state index in [0.29, 0.717) is 25.2 Å². The second-order valence-corrected chi connectivity index (χ2v) is 6.95. The van der Waals surface area contributed by atoms with Crippen molar-refractivity contribution in [2.75, 3.05) is 13.7 Å². The molecule has 0 aliphatic carbocycles. The van der Waals surface area contributed by atoms with Crippen molar-refractivity contribution in [2.24, 2.45) is 0 Å². The van der Waals surface area contributed by atoms with Crippen molar-refractivity contribution in [2.45, 2.75) is 32.7 Å². The molecule has 27 heavy (non-hydrogen) atoms. The van der Waals surface area contributed by atoms with Crippen LogP contribution in [0.2, 0.25) is 0 Å². The zero-order valence-electron chi connectivity index (χ0n) is 15.7. The quantitative estimate of drug-likeness (QED) is 0.743. The van der Waals surface area contributed by atoms with E-state index in [1.54, 1.807) is 7.11 Å². The summed E-state index contributed by atoms with van der Waals surface area (Å²) in [5.41, 5.74) is 4.45. The predicted octanol–water partition coefficient (Wildman–Crippen LogP) is 2.35. The highest BCUT2D eigenvalue weighted by Gasteiger charge is 2.27. The van der Waals surface area contributed by atoms with E-state index in [1.165, 1.54) is 0 Å². The Hall–Kier alpha value is -3.09. The molecule has 1 aromatic carbocycles. The average Bonchev–Trinajstić information content (AvgIpc) is 3.16. The van der Waals surface area contributed by atoms with E-state index in [1.807, 2.05) is 48.9 Å². The Morgan fingerprint density at radius 2 is 2.11 bits per heavy atom. The third-order valence-corrected chi connectivity index (χ3v) is 4.98. The number of fused-ring (bicyclic) bond motifs is 1. The standard InChI is InChI=1S/C20H23N5O2/c1-12-8-13(2)25(24-12)11-18-22-16-9-14(10-21-20(26)19(16)23-18)15-6-4-5-7-17(15)27-3/h4-8,14H,9-11H2,1-3H3,(H,21,26)(H,22,23). The first kappa shape index (κ1) is 17.3. The van der Waals surface area contributed by atoms with E-state index < -0.39 is 0 Å². The van der Waals surface area contributed by atoms with Crippen molar-refractivity contribution in [1.82, 2.24) is 25.1 Å². The van der Waals surface area contributed by atoms with Crippen molar-refractivity contribution in [3.8, 4) is 5.75 Å². The van der Waals surface area contributed by atoms with E-state index in [9.17, 15) is 4.79 Å². The molecule has 2 aromatic heterocycles. The second kappa shape index (κ2) is 6.90. The van der Waals surface area contributed by atoms with Gasteiger partial charge in [0.15, 0.2) is 0 Å². The third-order valence-electron chi connectivity index (χ3n) is 4.98. The summed E-state index contributed by atoms with van der Waals surface area (Å²) in [7, 11) is 1.67. The van der Waals surface area contributed by atoms with Crippen LogP contribution in [0.25, 0.3) is 0 Å². The lowest BCUT2D eigenvalue weighted by molar-refractivity contribution is 0.0950. The maximum atomic E-state index is 12.5. The fraction of sp³-hybridized carbons (Fsp3) is 0.350. The lowest BCUT2D eigenvalue weighted by Crippen LogP contribution is -2.26. The Morgan fingerprint density at radius 3 is 2.85 bits per heavy atom. The Bertz CT molecular complexity index is 988. The van der Waals surface area contributed by atoms with Crippen LogP contribution in [0, 0.1) is 13.8 Å². The number of nitrogens with zero attached hydrogens (tertiary/aromatic N) is 3. The van der Waals surface area contributed by atoms with Gasteiger partial charge in [-0.15, -0.1) is 0 Å². The molecule has 1 unspecified atom stereocenters. The van der Waals surface area contributed by atoms with E-state index in [4.69, 9.17) is 4.74 Å². The molecular weight excluding hydrogens is 342 g/mol. The molecule has 0 spiro atoms. The molecule has 140 valence electrons. The molecule has 1 atom stereocenters. The average molecular weight is 365 g/mol. The molecule has 0 bridgehead atoms. The zero-order chi connectivity index (χ0) is 19.0. The minimum absolute atomic E-state index is 0.119. The summed E-state index contributed by atoms with van der Waals surface area (Å²) in [6.45, 7) is 5.04. The normalized spacial score (nSPS) is 16.6. The van der Waals surface area contributed by atoms with Crippen molar-refractivity contribution in [3.63, 3.8) is 0 Å². The summed E-state index contributed by atoms with van der Waals surface area (Å²) in [4.78, 5) is 20.4. The number of imidazole rings is 1. The fourth-order valence-corrected chi connectivity index (χ4v) is 3.69. The van der Waals surface area contributed by atoms with E-state index in [-0.39, 0.29) is 11.8 Å². The Balaban J connectivity index is 1.64. The molecule has 1 aliphatic rings. The van der Waals surface area contributed by atoms with Gasteiger partial charge in [-0.1, -0.05) is 18.2 Å². The van der Waals surface area contributed by atoms with E-state index in [0.717, 1.165) is 34.2 Å². The van der Waals surface area contributed by atoms with Crippen LogP contribution >= 0.6 is 0 Å². The molecule has 0 saturated heterocycles. The summed E-state index contributed by atoms with van der Waals surface area (Å²) >= 11 is 0. The van der Waals surface area contributed by atoms with Crippen LogP contribution in [0.1, 0.15) is 44.9 Å². The number of carbonyl (C=O) groups is 1. The largest absolute Gasteiger partial charge is 0.496 e. The fourth-order valence-electron chi connectivity index (χ4n) is 3.69. The minimum atomic E-state index is -0.140. The first-order valence-corrected chi connectivity index (χ1v) is 9.05. The number of carbonyl (C=O) groups excluding carboxylic acids is 1. The molecular formula is C20H23N5O2. The van der Waals surface area contributed by atoms with Gasteiger partial charge in [-0.05, 0) is 38.0 Å². The van der Waals surface area contributed by atoms with Gasteiger partial charge in [0.25, 0.3) is 5.91 Å². The molecule has 1 amide bonds. The van der Waals surface area contributed by atoms with Gasteiger partial charge < -0.3 is 15.0 Å². The Kier molecular flexibility index (Phi) is 4.43. The molecule has 2 N–H and O–H groups in total. The van der Waals surface area contributed by atoms with Gasteiger partial charge in [0, 0.05) is 23.9 Å². The van der Waals surface area contributed by atoms with Gasteiger partial charge in [-0.25, -0.2) is 4.98 Å². The number of H-pyrrole nitrogens is 1.